The molecular weight excluding hydrogens is 258 g/mol. The van der Waals surface area contributed by atoms with Gasteiger partial charge >= 0.3 is 0 Å². The van der Waals surface area contributed by atoms with Crippen molar-refractivity contribution < 1.29 is 5.11 Å². The highest BCUT2D eigenvalue weighted by Crippen LogP contribution is 2.22. The zero-order chi connectivity index (χ0) is 14.7. The van der Waals surface area contributed by atoms with Crippen molar-refractivity contribution in [2.75, 3.05) is 0 Å². The van der Waals surface area contributed by atoms with Crippen molar-refractivity contribution in [3.8, 4) is 11.8 Å². The van der Waals surface area contributed by atoms with Crippen LogP contribution in [0.1, 0.15) is 18.1 Å². The van der Waals surface area contributed by atoms with E-state index in [0.717, 1.165) is 22.0 Å². The van der Waals surface area contributed by atoms with Crippen molar-refractivity contribution in [3.63, 3.8) is 0 Å². The summed E-state index contributed by atoms with van der Waals surface area (Å²) < 4.78 is 0. The molecular formula is C19H17NO. The van der Waals surface area contributed by atoms with Crippen LogP contribution in [0.4, 0.5) is 0 Å². The van der Waals surface area contributed by atoms with E-state index in [1.807, 2.05) is 54.7 Å². The molecule has 0 aliphatic heterocycles. The van der Waals surface area contributed by atoms with Gasteiger partial charge in [-0.15, -0.1) is 0 Å². The van der Waals surface area contributed by atoms with Gasteiger partial charge in [-0.3, -0.25) is 0 Å². The van der Waals surface area contributed by atoms with Gasteiger partial charge in [-0.2, -0.15) is 0 Å². The van der Waals surface area contributed by atoms with Crippen LogP contribution in [-0.4, -0.2) is 15.7 Å². The zero-order valence-corrected chi connectivity index (χ0v) is 11.9. The predicted molar refractivity (Wildman–Crippen MR) is 85.9 cm³/mol. The molecule has 2 N–H and O–H groups in total. The van der Waals surface area contributed by atoms with Crippen LogP contribution in [0.2, 0.25) is 0 Å². The quantitative estimate of drug-likeness (QED) is 0.690. The Kier molecular flexibility index (Phi) is 3.51. The second-order valence-electron chi connectivity index (χ2n) is 5.43. The van der Waals surface area contributed by atoms with E-state index in [2.05, 4.69) is 22.9 Å². The van der Waals surface area contributed by atoms with E-state index in [0.29, 0.717) is 6.42 Å². The third-order valence-electron chi connectivity index (χ3n) is 3.46. The normalized spacial score (nSPS) is 13.4. The second kappa shape index (κ2) is 5.47. The number of benzene rings is 2. The van der Waals surface area contributed by atoms with Crippen LogP contribution in [-0.2, 0) is 6.42 Å². The smallest absolute Gasteiger partial charge is 0.127 e. The van der Waals surface area contributed by atoms with E-state index in [1.165, 1.54) is 0 Å². The number of nitrogens with one attached hydrogen (secondary N) is 1. The largest absolute Gasteiger partial charge is 0.378 e. The van der Waals surface area contributed by atoms with Crippen molar-refractivity contribution in [1.82, 2.24) is 4.98 Å². The average molecular weight is 275 g/mol. The van der Waals surface area contributed by atoms with E-state index in [9.17, 15) is 5.11 Å². The van der Waals surface area contributed by atoms with Crippen molar-refractivity contribution in [2.45, 2.75) is 18.9 Å². The fraction of sp³-hybridized carbons (Fsp3) is 0.158. The maximum absolute atomic E-state index is 10.5. The molecule has 1 heterocycles. The van der Waals surface area contributed by atoms with E-state index in [-0.39, 0.29) is 0 Å². The SMILES string of the molecule is CC(O)(C#Cc1ccccc1)Cc1c[nH]c2ccccc12. The number of hydrogen-bond donors (Lipinski definition) is 2. The third kappa shape index (κ3) is 3.16. The first kappa shape index (κ1) is 13.5. The summed E-state index contributed by atoms with van der Waals surface area (Å²) in [6, 6.07) is 17.8. The van der Waals surface area contributed by atoms with Crippen LogP contribution >= 0.6 is 0 Å². The van der Waals surface area contributed by atoms with Gasteiger partial charge in [0, 0.05) is 29.1 Å². The molecule has 1 atom stereocenters. The number of hydrogen-bond acceptors (Lipinski definition) is 1. The Morgan fingerprint density at radius 3 is 2.57 bits per heavy atom. The Balaban J connectivity index is 1.85. The first-order chi connectivity index (χ1) is 10.1. The van der Waals surface area contributed by atoms with Crippen LogP contribution in [0.3, 0.4) is 0 Å². The van der Waals surface area contributed by atoms with Gasteiger partial charge in [0.05, 0.1) is 0 Å². The molecule has 21 heavy (non-hydrogen) atoms. The number of aliphatic hydroxyl groups is 1. The molecule has 104 valence electrons. The summed E-state index contributed by atoms with van der Waals surface area (Å²) in [6.07, 6.45) is 2.44. The molecule has 2 heteroatoms. The van der Waals surface area contributed by atoms with E-state index in [4.69, 9.17) is 0 Å². The maximum Gasteiger partial charge on any atom is 0.127 e. The Hall–Kier alpha value is -2.50. The van der Waals surface area contributed by atoms with Crippen molar-refractivity contribution >= 4 is 10.9 Å². The van der Waals surface area contributed by atoms with Gasteiger partial charge < -0.3 is 10.1 Å². The van der Waals surface area contributed by atoms with Gasteiger partial charge in [0.25, 0.3) is 0 Å². The minimum Gasteiger partial charge on any atom is -0.378 e. The molecule has 0 aliphatic rings. The highest BCUT2D eigenvalue weighted by atomic mass is 16.3. The molecule has 3 rings (SSSR count). The number of H-pyrrole nitrogens is 1. The maximum atomic E-state index is 10.5. The van der Waals surface area contributed by atoms with Crippen LogP contribution in [0, 0.1) is 11.8 Å². The Morgan fingerprint density at radius 2 is 1.76 bits per heavy atom. The lowest BCUT2D eigenvalue weighted by molar-refractivity contribution is 0.123. The summed E-state index contributed by atoms with van der Waals surface area (Å²) in [4.78, 5) is 3.23. The number of para-hydroxylation sites is 1. The molecule has 0 aliphatic carbocycles. The molecule has 3 aromatic rings. The molecule has 0 amide bonds. The van der Waals surface area contributed by atoms with Crippen molar-refractivity contribution in [1.29, 1.82) is 0 Å². The molecule has 1 aromatic heterocycles. The monoisotopic (exact) mass is 275 g/mol. The van der Waals surface area contributed by atoms with Crippen LogP contribution in [0.5, 0.6) is 0 Å². The van der Waals surface area contributed by atoms with Crippen molar-refractivity contribution in [3.05, 3.63) is 71.9 Å². The van der Waals surface area contributed by atoms with Gasteiger partial charge in [0.1, 0.15) is 5.60 Å². The second-order valence-corrected chi connectivity index (χ2v) is 5.43. The number of aromatic amines is 1. The topological polar surface area (TPSA) is 36.0 Å². The average Bonchev–Trinajstić information content (AvgIpc) is 2.89. The highest BCUT2D eigenvalue weighted by Gasteiger charge is 2.19. The summed E-state index contributed by atoms with van der Waals surface area (Å²) in [5, 5.41) is 11.7. The van der Waals surface area contributed by atoms with Crippen molar-refractivity contribution in [2.24, 2.45) is 0 Å². The summed E-state index contributed by atoms with van der Waals surface area (Å²) in [5.41, 5.74) is 2.02. The van der Waals surface area contributed by atoms with Gasteiger partial charge in [-0.25, -0.2) is 0 Å². The van der Waals surface area contributed by atoms with Gasteiger partial charge in [-0.1, -0.05) is 48.2 Å². The summed E-state index contributed by atoms with van der Waals surface area (Å²) in [6.45, 7) is 1.75. The molecule has 2 nitrogen and oxygen atoms in total. The first-order valence-corrected chi connectivity index (χ1v) is 7.00. The van der Waals surface area contributed by atoms with E-state index < -0.39 is 5.60 Å². The van der Waals surface area contributed by atoms with E-state index >= 15 is 0 Å². The minimum absolute atomic E-state index is 0.497. The van der Waals surface area contributed by atoms with E-state index in [1.54, 1.807) is 6.92 Å². The number of aromatic nitrogens is 1. The Bertz CT molecular complexity index is 803. The molecule has 0 saturated carbocycles. The Morgan fingerprint density at radius 1 is 1.05 bits per heavy atom. The molecule has 0 bridgehead atoms. The van der Waals surface area contributed by atoms with Gasteiger partial charge in [-0.05, 0) is 30.7 Å². The molecule has 2 aromatic carbocycles. The van der Waals surface area contributed by atoms with Crippen LogP contribution in [0.15, 0.2) is 60.8 Å². The lowest BCUT2D eigenvalue weighted by Crippen LogP contribution is -2.24. The minimum atomic E-state index is -1.05. The first-order valence-electron chi connectivity index (χ1n) is 7.00. The lowest BCUT2D eigenvalue weighted by Gasteiger charge is -2.15. The summed E-state index contributed by atoms with van der Waals surface area (Å²) >= 11 is 0. The molecule has 0 fully saturated rings. The zero-order valence-electron chi connectivity index (χ0n) is 11.9. The fourth-order valence-corrected chi connectivity index (χ4v) is 2.42. The molecule has 0 saturated heterocycles. The summed E-state index contributed by atoms with van der Waals surface area (Å²) in [7, 11) is 0. The Labute approximate surface area is 124 Å². The third-order valence-corrected chi connectivity index (χ3v) is 3.46. The lowest BCUT2D eigenvalue weighted by atomic mass is 9.96. The molecule has 0 spiro atoms. The van der Waals surface area contributed by atoms with Crippen LogP contribution < -0.4 is 0 Å². The van der Waals surface area contributed by atoms with Gasteiger partial charge in [0.2, 0.25) is 0 Å². The highest BCUT2D eigenvalue weighted by molar-refractivity contribution is 5.83. The standard InChI is InChI=1S/C19H17NO/c1-19(21,12-11-15-7-3-2-4-8-15)13-16-14-20-18-10-6-5-9-17(16)18/h2-10,14,20-21H,13H2,1H3. The summed E-state index contributed by atoms with van der Waals surface area (Å²) in [5.74, 6) is 6.01. The molecule has 0 radical (unpaired) electrons. The van der Waals surface area contributed by atoms with Crippen LogP contribution in [0.25, 0.3) is 10.9 Å². The number of rotatable bonds is 2. The fourth-order valence-electron chi connectivity index (χ4n) is 2.42. The molecule has 1 unspecified atom stereocenters. The predicted octanol–water partition coefficient (Wildman–Crippen LogP) is 3.51. The number of fused-ring (bicyclic) bond motifs is 1. The van der Waals surface area contributed by atoms with Gasteiger partial charge in [0.15, 0.2) is 0 Å².